The molecule has 3 heterocycles. The van der Waals surface area contributed by atoms with Gasteiger partial charge in [-0.3, -0.25) is 9.59 Å². The average molecular weight is 505 g/mol. The fourth-order valence-corrected chi connectivity index (χ4v) is 4.47. The number of fused-ring (bicyclic) bond motifs is 1. The van der Waals surface area contributed by atoms with Crippen LogP contribution in [0.2, 0.25) is 0 Å². The SMILES string of the molecule is Cc1cccc(OC2CCN(C(=O)[C@H](NC(=O)c3ccc4cc[nH]c4c3)c3ccccc3)CC2)n1.Cl. The molecule has 2 amide bonds. The van der Waals surface area contributed by atoms with E-state index >= 15 is 0 Å². The first kappa shape index (κ1) is 25.3. The molecule has 1 atom stereocenters. The number of amides is 2. The molecule has 0 aliphatic carbocycles. The van der Waals surface area contributed by atoms with Crippen molar-refractivity contribution in [1.82, 2.24) is 20.2 Å². The van der Waals surface area contributed by atoms with Crippen molar-refractivity contribution in [3.05, 3.63) is 95.8 Å². The number of aromatic nitrogens is 2. The van der Waals surface area contributed by atoms with Gasteiger partial charge in [-0.1, -0.05) is 42.5 Å². The van der Waals surface area contributed by atoms with Crippen molar-refractivity contribution < 1.29 is 14.3 Å². The van der Waals surface area contributed by atoms with E-state index in [0.29, 0.717) is 37.4 Å². The number of ether oxygens (including phenoxy) is 1. The van der Waals surface area contributed by atoms with Crippen LogP contribution in [0.5, 0.6) is 5.88 Å². The topological polar surface area (TPSA) is 87.3 Å². The number of hydrogen-bond donors (Lipinski definition) is 2. The van der Waals surface area contributed by atoms with Gasteiger partial charge in [0.2, 0.25) is 11.8 Å². The molecule has 186 valence electrons. The number of aromatic amines is 1. The van der Waals surface area contributed by atoms with E-state index in [4.69, 9.17) is 4.74 Å². The lowest BCUT2D eigenvalue weighted by molar-refractivity contribution is -0.135. The molecular formula is C28H29ClN4O3. The zero-order valence-electron chi connectivity index (χ0n) is 20.0. The minimum Gasteiger partial charge on any atom is -0.474 e. The number of aryl methyl sites for hydroxylation is 1. The number of hydrogen-bond acceptors (Lipinski definition) is 4. The molecule has 0 radical (unpaired) electrons. The monoisotopic (exact) mass is 504 g/mol. The molecule has 4 aromatic rings. The van der Waals surface area contributed by atoms with Crippen molar-refractivity contribution in [2.24, 2.45) is 0 Å². The van der Waals surface area contributed by atoms with Gasteiger partial charge in [-0.05, 0) is 42.1 Å². The Bertz CT molecular complexity index is 1330. The first-order valence-electron chi connectivity index (χ1n) is 11.9. The number of halogens is 1. The molecule has 1 aliphatic rings. The molecule has 2 aromatic carbocycles. The molecule has 7 nitrogen and oxygen atoms in total. The van der Waals surface area contributed by atoms with Gasteiger partial charge < -0.3 is 19.9 Å². The Labute approximate surface area is 216 Å². The third-order valence-electron chi connectivity index (χ3n) is 6.38. The van der Waals surface area contributed by atoms with Crippen molar-refractivity contribution in [2.75, 3.05) is 13.1 Å². The highest BCUT2D eigenvalue weighted by molar-refractivity contribution is 6.00. The lowest BCUT2D eigenvalue weighted by Crippen LogP contribution is -2.47. The Balaban J connectivity index is 0.00000304. The molecule has 1 fully saturated rings. The van der Waals surface area contributed by atoms with E-state index in [-0.39, 0.29) is 30.3 Å². The van der Waals surface area contributed by atoms with Gasteiger partial charge in [-0.2, -0.15) is 0 Å². The second-order valence-corrected chi connectivity index (χ2v) is 8.86. The first-order valence-corrected chi connectivity index (χ1v) is 11.9. The second-order valence-electron chi connectivity index (χ2n) is 8.86. The fourth-order valence-electron chi connectivity index (χ4n) is 4.47. The zero-order valence-corrected chi connectivity index (χ0v) is 20.8. The lowest BCUT2D eigenvalue weighted by atomic mass is 10.0. The van der Waals surface area contributed by atoms with Crippen LogP contribution in [0.4, 0.5) is 0 Å². The summed E-state index contributed by atoms with van der Waals surface area (Å²) in [5.74, 6) is 0.216. The molecular weight excluding hydrogens is 476 g/mol. The van der Waals surface area contributed by atoms with Gasteiger partial charge in [0.1, 0.15) is 12.1 Å². The number of piperidine rings is 1. The number of rotatable bonds is 6. The van der Waals surface area contributed by atoms with Crippen LogP contribution in [0.1, 0.15) is 40.5 Å². The summed E-state index contributed by atoms with van der Waals surface area (Å²) < 4.78 is 6.04. The normalized spacial score (nSPS) is 14.6. The summed E-state index contributed by atoms with van der Waals surface area (Å²) in [5.41, 5.74) is 3.05. The molecule has 0 unspecified atom stereocenters. The largest absolute Gasteiger partial charge is 0.474 e. The van der Waals surface area contributed by atoms with Crippen LogP contribution < -0.4 is 10.1 Å². The number of benzene rings is 2. The van der Waals surface area contributed by atoms with E-state index < -0.39 is 6.04 Å². The highest BCUT2D eigenvalue weighted by Gasteiger charge is 2.31. The second kappa shape index (κ2) is 11.3. The maximum Gasteiger partial charge on any atom is 0.252 e. The minimum absolute atomic E-state index is 0. The summed E-state index contributed by atoms with van der Waals surface area (Å²) in [5, 5.41) is 4.01. The van der Waals surface area contributed by atoms with Gasteiger partial charge >= 0.3 is 0 Å². The summed E-state index contributed by atoms with van der Waals surface area (Å²) in [6.45, 7) is 3.05. The van der Waals surface area contributed by atoms with Crippen molar-refractivity contribution >= 4 is 35.1 Å². The number of likely N-dealkylation sites (tertiary alicyclic amines) is 1. The van der Waals surface area contributed by atoms with Gasteiger partial charge in [-0.15, -0.1) is 12.4 Å². The summed E-state index contributed by atoms with van der Waals surface area (Å²) in [6.07, 6.45) is 3.26. The Morgan fingerprint density at radius 1 is 1.03 bits per heavy atom. The van der Waals surface area contributed by atoms with E-state index in [0.717, 1.165) is 22.2 Å². The number of pyridine rings is 1. The Hall–Kier alpha value is -3.84. The van der Waals surface area contributed by atoms with Crippen LogP contribution in [0.25, 0.3) is 10.9 Å². The number of H-pyrrole nitrogens is 1. The lowest BCUT2D eigenvalue weighted by Gasteiger charge is -2.34. The van der Waals surface area contributed by atoms with Crippen LogP contribution >= 0.6 is 12.4 Å². The van der Waals surface area contributed by atoms with Gasteiger partial charge in [0.05, 0.1) is 0 Å². The highest BCUT2D eigenvalue weighted by Crippen LogP contribution is 2.23. The maximum atomic E-state index is 13.6. The molecule has 0 saturated carbocycles. The highest BCUT2D eigenvalue weighted by atomic mass is 35.5. The summed E-state index contributed by atoms with van der Waals surface area (Å²) in [6, 6.07) is 21.8. The minimum atomic E-state index is -0.765. The summed E-state index contributed by atoms with van der Waals surface area (Å²) in [7, 11) is 0. The van der Waals surface area contributed by atoms with Crippen molar-refractivity contribution in [3.63, 3.8) is 0 Å². The average Bonchev–Trinajstić information content (AvgIpc) is 3.36. The molecule has 2 aromatic heterocycles. The van der Waals surface area contributed by atoms with E-state index in [9.17, 15) is 9.59 Å². The smallest absolute Gasteiger partial charge is 0.252 e. The number of nitrogens with one attached hydrogen (secondary N) is 2. The number of carbonyl (C=O) groups is 2. The van der Waals surface area contributed by atoms with Gasteiger partial charge in [0, 0.05) is 55.0 Å². The van der Waals surface area contributed by atoms with E-state index in [1.54, 1.807) is 12.1 Å². The molecule has 36 heavy (non-hydrogen) atoms. The molecule has 1 saturated heterocycles. The van der Waals surface area contributed by atoms with Crippen molar-refractivity contribution in [2.45, 2.75) is 31.9 Å². The molecule has 0 spiro atoms. The van der Waals surface area contributed by atoms with Crippen LogP contribution in [0.15, 0.2) is 79.0 Å². The first-order chi connectivity index (χ1) is 17.1. The maximum absolute atomic E-state index is 13.6. The van der Waals surface area contributed by atoms with Crippen LogP contribution in [0, 0.1) is 6.92 Å². The molecule has 5 rings (SSSR count). The third-order valence-corrected chi connectivity index (χ3v) is 6.38. The van der Waals surface area contributed by atoms with Crippen LogP contribution in [-0.2, 0) is 4.79 Å². The quantitative estimate of drug-likeness (QED) is 0.393. The van der Waals surface area contributed by atoms with Crippen LogP contribution in [-0.4, -0.2) is 45.9 Å². The van der Waals surface area contributed by atoms with Crippen LogP contribution in [0.3, 0.4) is 0 Å². The predicted molar refractivity (Wildman–Crippen MR) is 141 cm³/mol. The summed E-state index contributed by atoms with van der Waals surface area (Å²) >= 11 is 0. The number of nitrogens with zero attached hydrogens (tertiary/aromatic N) is 2. The predicted octanol–water partition coefficient (Wildman–Crippen LogP) is 4.83. The molecule has 1 aliphatic heterocycles. The van der Waals surface area contributed by atoms with Crippen molar-refractivity contribution in [3.8, 4) is 5.88 Å². The number of carbonyl (C=O) groups excluding carboxylic acids is 2. The Morgan fingerprint density at radius 2 is 1.81 bits per heavy atom. The van der Waals surface area contributed by atoms with Gasteiger partial charge in [0.15, 0.2) is 0 Å². The Morgan fingerprint density at radius 3 is 2.56 bits per heavy atom. The Kier molecular flexibility index (Phi) is 7.90. The van der Waals surface area contributed by atoms with Crippen molar-refractivity contribution in [1.29, 1.82) is 0 Å². The molecule has 0 bridgehead atoms. The zero-order chi connectivity index (χ0) is 24.2. The third kappa shape index (κ3) is 5.69. The standard InChI is InChI=1S/C28H28N4O3.ClH/c1-19-6-5-9-25(30-19)35-23-13-16-32(17-14-23)28(34)26(21-7-3-2-4-8-21)31-27(33)22-11-10-20-12-15-29-24(20)18-22;/h2-12,15,18,23,26,29H,13-14,16-17H2,1H3,(H,31,33);1H/t26-;/m1./s1. The molecule has 8 heteroatoms. The van der Waals surface area contributed by atoms with E-state index in [2.05, 4.69) is 15.3 Å². The van der Waals surface area contributed by atoms with Gasteiger partial charge in [-0.25, -0.2) is 4.98 Å². The van der Waals surface area contributed by atoms with Gasteiger partial charge in [0.25, 0.3) is 5.91 Å². The van der Waals surface area contributed by atoms with E-state index in [1.807, 2.05) is 78.7 Å². The summed E-state index contributed by atoms with van der Waals surface area (Å²) in [4.78, 5) is 36.1. The fraction of sp³-hybridized carbons (Fsp3) is 0.250. The van der Waals surface area contributed by atoms with E-state index in [1.165, 1.54) is 0 Å². The molecule has 2 N–H and O–H groups in total.